The summed E-state index contributed by atoms with van der Waals surface area (Å²) in [5, 5.41) is 13.1. The van der Waals surface area contributed by atoms with Crippen molar-refractivity contribution >= 4 is 54.7 Å². The van der Waals surface area contributed by atoms with Crippen molar-refractivity contribution in [1.82, 2.24) is 4.90 Å². The van der Waals surface area contributed by atoms with Gasteiger partial charge in [0.05, 0.1) is 9.83 Å². The molecule has 1 aliphatic heterocycles. The van der Waals surface area contributed by atoms with Gasteiger partial charge in [0.1, 0.15) is 6.04 Å². The van der Waals surface area contributed by atoms with Crippen LogP contribution >= 0.6 is 38.6 Å². The molecule has 0 bridgehead atoms. The third-order valence-electron chi connectivity index (χ3n) is 4.58. The van der Waals surface area contributed by atoms with E-state index in [0.717, 1.165) is 23.2 Å². The summed E-state index contributed by atoms with van der Waals surface area (Å²) < 4.78 is 2.33. The van der Waals surface area contributed by atoms with Crippen LogP contribution in [0.2, 0.25) is 0 Å². The Morgan fingerprint density at radius 2 is 2.12 bits per heavy atom. The molecule has 0 radical (unpaired) electrons. The van der Waals surface area contributed by atoms with Crippen molar-refractivity contribution in [2.45, 2.75) is 24.9 Å². The number of benzene rings is 1. The van der Waals surface area contributed by atoms with Gasteiger partial charge in [0.25, 0.3) is 0 Å². The Balaban J connectivity index is 1.86. The van der Waals surface area contributed by atoms with Gasteiger partial charge in [-0.25, -0.2) is 0 Å². The average molecular weight is 422 g/mol. The van der Waals surface area contributed by atoms with Gasteiger partial charge < -0.3 is 5.11 Å². The first-order valence-corrected chi connectivity index (χ1v) is 10.3. The molecule has 3 heterocycles. The molecule has 1 saturated heterocycles. The molecule has 1 fully saturated rings. The van der Waals surface area contributed by atoms with E-state index >= 15 is 0 Å². The van der Waals surface area contributed by atoms with Crippen LogP contribution in [0.25, 0.3) is 10.1 Å². The Hall–Kier alpha value is -1.21. The summed E-state index contributed by atoms with van der Waals surface area (Å²) in [6, 6.07) is 12.1. The normalized spacial score (nSPS) is 19.8. The minimum atomic E-state index is -0.715. The number of carbonyl (C=O) groups is 1. The van der Waals surface area contributed by atoms with E-state index in [-0.39, 0.29) is 6.04 Å². The predicted molar refractivity (Wildman–Crippen MR) is 103 cm³/mol. The highest BCUT2D eigenvalue weighted by atomic mass is 79.9. The molecule has 2 aromatic heterocycles. The Kier molecular flexibility index (Phi) is 4.47. The van der Waals surface area contributed by atoms with E-state index in [1.807, 2.05) is 6.07 Å². The molecule has 24 heavy (non-hydrogen) atoms. The van der Waals surface area contributed by atoms with Crippen LogP contribution in [0.15, 0.2) is 45.6 Å². The van der Waals surface area contributed by atoms with Gasteiger partial charge in [-0.3, -0.25) is 9.69 Å². The number of rotatable bonds is 4. The van der Waals surface area contributed by atoms with Gasteiger partial charge in [0.15, 0.2) is 0 Å². The monoisotopic (exact) mass is 421 g/mol. The second kappa shape index (κ2) is 6.59. The molecule has 0 saturated carbocycles. The highest BCUT2D eigenvalue weighted by Crippen LogP contribution is 2.43. The van der Waals surface area contributed by atoms with E-state index in [2.05, 4.69) is 56.5 Å². The molecular formula is C18H16BrNO2S2. The number of thiophene rings is 2. The lowest BCUT2D eigenvalue weighted by Crippen LogP contribution is -2.38. The summed E-state index contributed by atoms with van der Waals surface area (Å²) in [5.41, 5.74) is 1.22. The first kappa shape index (κ1) is 16.3. The average Bonchev–Trinajstić information content (AvgIpc) is 3.29. The Bertz CT molecular complexity index is 888. The summed E-state index contributed by atoms with van der Waals surface area (Å²) >= 11 is 6.97. The van der Waals surface area contributed by atoms with E-state index in [1.54, 1.807) is 22.7 Å². The van der Waals surface area contributed by atoms with Gasteiger partial charge in [0, 0.05) is 16.1 Å². The van der Waals surface area contributed by atoms with E-state index < -0.39 is 12.0 Å². The van der Waals surface area contributed by atoms with Crippen LogP contribution in [0, 0.1) is 0 Å². The lowest BCUT2D eigenvalue weighted by molar-refractivity contribution is -0.142. The maximum atomic E-state index is 11.7. The molecule has 6 heteroatoms. The number of likely N-dealkylation sites (tertiary alicyclic amines) is 1. The second-order valence-electron chi connectivity index (χ2n) is 5.97. The molecule has 1 aliphatic rings. The fourth-order valence-corrected chi connectivity index (χ4v) is 6.09. The van der Waals surface area contributed by atoms with Crippen molar-refractivity contribution in [3.8, 4) is 0 Å². The maximum absolute atomic E-state index is 11.7. The minimum absolute atomic E-state index is 0.000972. The molecule has 124 valence electrons. The number of carboxylic acids is 1. The number of carboxylic acid groups (broad SMARTS) is 1. The topological polar surface area (TPSA) is 40.5 Å². The van der Waals surface area contributed by atoms with Crippen LogP contribution < -0.4 is 0 Å². The predicted octanol–water partition coefficient (Wildman–Crippen LogP) is 5.36. The summed E-state index contributed by atoms with van der Waals surface area (Å²) in [6.07, 6.45) is 1.66. The van der Waals surface area contributed by atoms with Crippen molar-refractivity contribution < 1.29 is 9.90 Å². The van der Waals surface area contributed by atoms with Crippen molar-refractivity contribution in [2.75, 3.05) is 6.54 Å². The number of halogens is 1. The number of nitrogens with zero attached hydrogens (tertiary/aromatic N) is 1. The van der Waals surface area contributed by atoms with Gasteiger partial charge >= 0.3 is 5.97 Å². The van der Waals surface area contributed by atoms with Gasteiger partial charge in [0.2, 0.25) is 0 Å². The molecule has 2 atom stereocenters. The van der Waals surface area contributed by atoms with Crippen molar-refractivity contribution in [2.24, 2.45) is 0 Å². The van der Waals surface area contributed by atoms with Crippen LogP contribution in [0.1, 0.15) is 29.3 Å². The lowest BCUT2D eigenvalue weighted by atomic mass is 10.0. The molecule has 0 amide bonds. The molecule has 2 unspecified atom stereocenters. The Labute approximate surface area is 156 Å². The quantitative estimate of drug-likeness (QED) is 0.615. The number of hydrogen-bond acceptors (Lipinski definition) is 4. The fraction of sp³-hybridized carbons (Fsp3) is 0.278. The molecule has 4 rings (SSSR count). The largest absolute Gasteiger partial charge is 0.480 e. The Morgan fingerprint density at radius 1 is 1.29 bits per heavy atom. The molecule has 0 spiro atoms. The summed E-state index contributed by atoms with van der Waals surface area (Å²) in [4.78, 5) is 15.1. The van der Waals surface area contributed by atoms with E-state index in [0.29, 0.717) is 0 Å². The SMILES string of the molecule is O=C(O)C1CCCN1C(c1ccc(Br)s1)c1csc2ccccc12. The number of hydrogen-bond donors (Lipinski definition) is 1. The third kappa shape index (κ3) is 2.81. The third-order valence-corrected chi connectivity index (χ3v) is 7.24. The van der Waals surface area contributed by atoms with Crippen molar-refractivity contribution in [3.05, 3.63) is 56.0 Å². The second-order valence-corrected chi connectivity index (χ2v) is 9.37. The van der Waals surface area contributed by atoms with Crippen LogP contribution in [0.5, 0.6) is 0 Å². The maximum Gasteiger partial charge on any atom is 0.320 e. The summed E-state index contributed by atoms with van der Waals surface area (Å²) in [5.74, 6) is -0.715. The molecule has 0 aliphatic carbocycles. The zero-order valence-electron chi connectivity index (χ0n) is 12.8. The van der Waals surface area contributed by atoms with E-state index in [1.165, 1.54) is 20.5 Å². The van der Waals surface area contributed by atoms with Gasteiger partial charge in [-0.05, 0) is 63.3 Å². The Morgan fingerprint density at radius 3 is 2.88 bits per heavy atom. The highest BCUT2D eigenvalue weighted by molar-refractivity contribution is 9.11. The van der Waals surface area contributed by atoms with Gasteiger partial charge in [-0.1, -0.05) is 18.2 Å². The zero-order valence-corrected chi connectivity index (χ0v) is 16.0. The fourth-order valence-electron chi connectivity index (χ4n) is 3.54. The molecule has 1 aromatic carbocycles. The number of fused-ring (bicyclic) bond motifs is 1. The van der Waals surface area contributed by atoms with Crippen LogP contribution in [-0.4, -0.2) is 28.6 Å². The van der Waals surface area contributed by atoms with E-state index in [4.69, 9.17) is 0 Å². The molecular weight excluding hydrogens is 406 g/mol. The van der Waals surface area contributed by atoms with Gasteiger partial charge in [-0.15, -0.1) is 22.7 Å². The number of aliphatic carboxylic acids is 1. The minimum Gasteiger partial charge on any atom is -0.480 e. The van der Waals surface area contributed by atoms with Crippen LogP contribution in [-0.2, 0) is 4.79 Å². The highest BCUT2D eigenvalue weighted by Gasteiger charge is 2.38. The standard InChI is InChI=1S/C18H16BrNO2S2/c19-16-8-7-15(24-16)17(20-9-3-5-13(20)18(21)22)12-10-23-14-6-2-1-4-11(12)14/h1-2,4,6-8,10,13,17H,3,5,9H2,(H,21,22). The van der Waals surface area contributed by atoms with Crippen molar-refractivity contribution in [3.63, 3.8) is 0 Å². The summed E-state index contributed by atoms with van der Waals surface area (Å²) in [6.45, 7) is 0.821. The molecule has 3 aromatic rings. The van der Waals surface area contributed by atoms with Crippen LogP contribution in [0.4, 0.5) is 0 Å². The van der Waals surface area contributed by atoms with Crippen molar-refractivity contribution in [1.29, 1.82) is 0 Å². The zero-order chi connectivity index (χ0) is 16.7. The van der Waals surface area contributed by atoms with Gasteiger partial charge in [-0.2, -0.15) is 0 Å². The molecule has 3 nitrogen and oxygen atoms in total. The van der Waals surface area contributed by atoms with Crippen LogP contribution in [0.3, 0.4) is 0 Å². The first-order valence-electron chi connectivity index (χ1n) is 7.85. The van der Waals surface area contributed by atoms with E-state index in [9.17, 15) is 9.90 Å². The lowest BCUT2D eigenvalue weighted by Gasteiger charge is -2.30. The summed E-state index contributed by atoms with van der Waals surface area (Å²) in [7, 11) is 0. The first-order chi connectivity index (χ1) is 11.6. The smallest absolute Gasteiger partial charge is 0.320 e. The molecule has 1 N–H and O–H groups in total.